The molecule has 0 amide bonds. The zero-order valence-electron chi connectivity index (χ0n) is 10.2. The molecule has 1 aromatic carbocycles. The van der Waals surface area contributed by atoms with Gasteiger partial charge in [-0.2, -0.15) is 4.31 Å². The molecule has 0 unspecified atom stereocenters. The summed E-state index contributed by atoms with van der Waals surface area (Å²) in [5.74, 6) is 0. The zero-order valence-corrected chi connectivity index (χ0v) is 11.0. The van der Waals surface area contributed by atoms with E-state index in [0.717, 1.165) is 25.7 Å². The van der Waals surface area contributed by atoms with Crippen LogP contribution < -0.4 is 0 Å². The lowest BCUT2D eigenvalue weighted by Crippen LogP contribution is -2.34. The van der Waals surface area contributed by atoms with Crippen molar-refractivity contribution in [1.29, 1.82) is 0 Å². The summed E-state index contributed by atoms with van der Waals surface area (Å²) in [5.41, 5.74) is 0. The molecule has 0 atom stereocenters. The SMILES string of the molecule is CCCCN(C1CC1)S(=O)(=O)c1ccccc1. The van der Waals surface area contributed by atoms with Crippen LogP contribution in [0.2, 0.25) is 0 Å². The molecule has 1 saturated carbocycles. The van der Waals surface area contributed by atoms with Crippen molar-refractivity contribution in [2.24, 2.45) is 0 Å². The minimum absolute atomic E-state index is 0.242. The topological polar surface area (TPSA) is 37.4 Å². The highest BCUT2D eigenvalue weighted by atomic mass is 32.2. The van der Waals surface area contributed by atoms with Crippen molar-refractivity contribution in [3.8, 4) is 0 Å². The summed E-state index contributed by atoms with van der Waals surface area (Å²) in [4.78, 5) is 0.419. The zero-order chi connectivity index (χ0) is 12.3. The van der Waals surface area contributed by atoms with Gasteiger partial charge >= 0.3 is 0 Å². The fourth-order valence-corrected chi connectivity index (χ4v) is 3.65. The van der Waals surface area contributed by atoms with Crippen LogP contribution in [-0.4, -0.2) is 25.3 Å². The van der Waals surface area contributed by atoms with Crippen LogP contribution >= 0.6 is 0 Å². The van der Waals surface area contributed by atoms with Crippen molar-refractivity contribution in [2.45, 2.75) is 43.5 Å². The summed E-state index contributed by atoms with van der Waals surface area (Å²) in [6.07, 6.45) is 3.97. The number of hydrogen-bond donors (Lipinski definition) is 0. The van der Waals surface area contributed by atoms with Gasteiger partial charge in [0.25, 0.3) is 0 Å². The lowest BCUT2D eigenvalue weighted by Gasteiger charge is -2.21. The summed E-state index contributed by atoms with van der Waals surface area (Å²) in [6.45, 7) is 2.73. The van der Waals surface area contributed by atoms with Crippen molar-refractivity contribution < 1.29 is 8.42 Å². The largest absolute Gasteiger partial charge is 0.243 e. The van der Waals surface area contributed by atoms with E-state index in [-0.39, 0.29) is 6.04 Å². The Morgan fingerprint density at radius 2 is 1.88 bits per heavy atom. The molecule has 1 aliphatic rings. The maximum atomic E-state index is 12.4. The van der Waals surface area contributed by atoms with E-state index in [1.807, 2.05) is 6.07 Å². The molecule has 0 radical (unpaired) electrons. The molecule has 4 heteroatoms. The predicted octanol–water partition coefficient (Wildman–Crippen LogP) is 2.64. The van der Waals surface area contributed by atoms with Gasteiger partial charge < -0.3 is 0 Å². The lowest BCUT2D eigenvalue weighted by molar-refractivity contribution is 0.395. The third-order valence-electron chi connectivity index (χ3n) is 3.04. The van der Waals surface area contributed by atoms with Crippen molar-refractivity contribution in [1.82, 2.24) is 4.31 Å². The Morgan fingerprint density at radius 3 is 2.41 bits per heavy atom. The highest BCUT2D eigenvalue weighted by Gasteiger charge is 2.37. The van der Waals surface area contributed by atoms with Gasteiger partial charge in [-0.05, 0) is 31.4 Å². The molecule has 0 bridgehead atoms. The minimum atomic E-state index is -3.28. The normalized spacial score (nSPS) is 16.4. The molecular formula is C13H19NO2S. The average Bonchev–Trinajstić information content (AvgIpc) is 3.15. The van der Waals surface area contributed by atoms with Gasteiger partial charge in [-0.15, -0.1) is 0 Å². The monoisotopic (exact) mass is 253 g/mol. The summed E-state index contributed by atoms with van der Waals surface area (Å²) >= 11 is 0. The number of unbranched alkanes of at least 4 members (excludes halogenated alkanes) is 1. The average molecular weight is 253 g/mol. The second-order valence-corrected chi connectivity index (χ2v) is 6.40. The molecule has 0 N–H and O–H groups in total. The summed E-state index contributed by atoms with van der Waals surface area (Å²) in [7, 11) is -3.28. The van der Waals surface area contributed by atoms with Crippen LogP contribution in [0.1, 0.15) is 32.6 Å². The third-order valence-corrected chi connectivity index (χ3v) is 5.00. The maximum Gasteiger partial charge on any atom is 0.243 e. The molecule has 94 valence electrons. The van der Waals surface area contributed by atoms with E-state index in [4.69, 9.17) is 0 Å². The number of hydrogen-bond acceptors (Lipinski definition) is 2. The first kappa shape index (κ1) is 12.6. The third kappa shape index (κ3) is 2.87. The Hall–Kier alpha value is -0.870. The van der Waals surface area contributed by atoms with E-state index in [1.165, 1.54) is 0 Å². The van der Waals surface area contributed by atoms with Gasteiger partial charge in [-0.3, -0.25) is 0 Å². The number of nitrogens with zero attached hydrogens (tertiary/aromatic N) is 1. The van der Waals surface area contributed by atoms with Gasteiger partial charge in [0.15, 0.2) is 0 Å². The first-order valence-corrected chi connectivity index (χ1v) is 7.67. The Kier molecular flexibility index (Phi) is 3.84. The maximum absolute atomic E-state index is 12.4. The predicted molar refractivity (Wildman–Crippen MR) is 68.3 cm³/mol. The molecule has 17 heavy (non-hydrogen) atoms. The molecule has 1 fully saturated rings. The van der Waals surface area contributed by atoms with E-state index in [9.17, 15) is 8.42 Å². The Balaban J connectivity index is 2.22. The van der Waals surface area contributed by atoms with Gasteiger partial charge in [0.05, 0.1) is 4.90 Å². The number of rotatable bonds is 6. The summed E-state index contributed by atoms with van der Waals surface area (Å²) in [5, 5.41) is 0. The van der Waals surface area contributed by atoms with Gasteiger partial charge in [0, 0.05) is 12.6 Å². The molecule has 0 aromatic heterocycles. The van der Waals surface area contributed by atoms with Gasteiger partial charge in [-0.25, -0.2) is 8.42 Å². The smallest absolute Gasteiger partial charge is 0.207 e. The van der Waals surface area contributed by atoms with E-state index in [0.29, 0.717) is 11.4 Å². The van der Waals surface area contributed by atoms with Crippen LogP contribution in [0.5, 0.6) is 0 Å². The second kappa shape index (κ2) is 5.19. The molecule has 1 aliphatic carbocycles. The fraction of sp³-hybridized carbons (Fsp3) is 0.538. The van der Waals surface area contributed by atoms with E-state index in [1.54, 1.807) is 28.6 Å². The lowest BCUT2D eigenvalue weighted by atomic mass is 10.3. The minimum Gasteiger partial charge on any atom is -0.207 e. The van der Waals surface area contributed by atoms with Crippen molar-refractivity contribution >= 4 is 10.0 Å². The van der Waals surface area contributed by atoms with Gasteiger partial charge in [0.1, 0.15) is 0 Å². The van der Waals surface area contributed by atoms with Gasteiger partial charge in [-0.1, -0.05) is 31.5 Å². The van der Waals surface area contributed by atoms with Crippen LogP contribution in [0, 0.1) is 0 Å². The summed E-state index contributed by atoms with van der Waals surface area (Å²) < 4.78 is 26.6. The highest BCUT2D eigenvalue weighted by molar-refractivity contribution is 7.89. The van der Waals surface area contributed by atoms with Crippen LogP contribution in [0.3, 0.4) is 0 Å². The molecule has 0 saturated heterocycles. The summed E-state index contributed by atoms with van der Waals surface area (Å²) in [6, 6.07) is 8.99. The van der Waals surface area contributed by atoms with Gasteiger partial charge in [0.2, 0.25) is 10.0 Å². The second-order valence-electron chi connectivity index (χ2n) is 4.51. The van der Waals surface area contributed by atoms with Crippen molar-refractivity contribution in [3.63, 3.8) is 0 Å². The Labute approximate surface area is 104 Å². The standard InChI is InChI=1S/C13H19NO2S/c1-2-3-11-14(12-9-10-12)17(15,16)13-7-5-4-6-8-13/h4-8,12H,2-3,9-11H2,1H3. The highest BCUT2D eigenvalue weighted by Crippen LogP contribution is 2.32. The Morgan fingerprint density at radius 1 is 1.24 bits per heavy atom. The van der Waals surface area contributed by atoms with Crippen LogP contribution in [-0.2, 0) is 10.0 Å². The fourth-order valence-electron chi connectivity index (χ4n) is 1.90. The van der Waals surface area contributed by atoms with E-state index in [2.05, 4.69) is 6.92 Å². The quantitative estimate of drug-likeness (QED) is 0.781. The van der Waals surface area contributed by atoms with Crippen LogP contribution in [0.25, 0.3) is 0 Å². The first-order chi connectivity index (χ1) is 8.16. The molecule has 0 heterocycles. The molecule has 2 rings (SSSR count). The van der Waals surface area contributed by atoms with E-state index < -0.39 is 10.0 Å². The molecule has 3 nitrogen and oxygen atoms in total. The molecule has 0 aliphatic heterocycles. The number of sulfonamides is 1. The molecule has 0 spiro atoms. The Bertz CT molecular complexity index is 452. The molecular weight excluding hydrogens is 234 g/mol. The van der Waals surface area contributed by atoms with Crippen LogP contribution in [0.4, 0.5) is 0 Å². The molecule has 1 aromatic rings. The van der Waals surface area contributed by atoms with Crippen molar-refractivity contribution in [3.05, 3.63) is 30.3 Å². The first-order valence-electron chi connectivity index (χ1n) is 6.23. The van der Waals surface area contributed by atoms with E-state index >= 15 is 0 Å². The van der Waals surface area contributed by atoms with Crippen LogP contribution in [0.15, 0.2) is 35.2 Å². The van der Waals surface area contributed by atoms with Crippen molar-refractivity contribution in [2.75, 3.05) is 6.54 Å². The number of benzene rings is 1.